The zero-order chi connectivity index (χ0) is 12.4. The lowest BCUT2D eigenvalue weighted by Gasteiger charge is -2.02. The van der Waals surface area contributed by atoms with Gasteiger partial charge in [-0.05, 0) is 36.8 Å². The minimum absolute atomic E-state index is 1.06. The van der Waals surface area contributed by atoms with Gasteiger partial charge in [0.2, 0.25) is 0 Å². The van der Waals surface area contributed by atoms with Crippen molar-refractivity contribution in [3.8, 4) is 16.8 Å². The van der Waals surface area contributed by atoms with E-state index in [4.69, 9.17) is 0 Å². The van der Waals surface area contributed by atoms with Crippen LogP contribution in [0.15, 0.2) is 61.4 Å². The van der Waals surface area contributed by atoms with Gasteiger partial charge in [0.15, 0.2) is 0 Å². The van der Waals surface area contributed by atoms with Crippen molar-refractivity contribution in [2.24, 2.45) is 0 Å². The van der Waals surface area contributed by atoms with E-state index in [0.29, 0.717) is 0 Å². The summed E-state index contributed by atoms with van der Waals surface area (Å²) >= 11 is 0. The highest BCUT2D eigenvalue weighted by Crippen LogP contribution is 2.23. The number of aryl methyl sites for hydroxylation is 1. The fourth-order valence-corrected chi connectivity index (χ4v) is 1.99. The highest BCUT2D eigenvalue weighted by molar-refractivity contribution is 5.66. The maximum Gasteiger partial charge on any atom is 0.0633 e. The van der Waals surface area contributed by atoms with Crippen LogP contribution in [0.5, 0.6) is 0 Å². The topological polar surface area (TPSA) is 30.7 Å². The molecule has 0 aromatic carbocycles. The molecule has 18 heavy (non-hydrogen) atoms. The zero-order valence-corrected chi connectivity index (χ0v) is 10.1. The maximum atomic E-state index is 4.18. The summed E-state index contributed by atoms with van der Waals surface area (Å²) in [6.45, 7) is 2.10. The molecule has 3 nitrogen and oxygen atoms in total. The Hall–Kier alpha value is -2.42. The van der Waals surface area contributed by atoms with Crippen LogP contribution in [0.1, 0.15) is 5.56 Å². The molecule has 0 spiro atoms. The summed E-state index contributed by atoms with van der Waals surface area (Å²) in [6, 6.07) is 8.09. The number of aromatic nitrogens is 3. The minimum atomic E-state index is 1.06. The Bertz CT molecular complexity index is 656. The number of hydrogen-bond acceptors (Lipinski definition) is 2. The first-order valence-electron chi connectivity index (χ1n) is 5.84. The number of hydrogen-bond donors (Lipinski definition) is 0. The Morgan fingerprint density at radius 2 is 1.89 bits per heavy atom. The van der Waals surface area contributed by atoms with Gasteiger partial charge in [-0.2, -0.15) is 0 Å². The van der Waals surface area contributed by atoms with Gasteiger partial charge in [0.25, 0.3) is 0 Å². The van der Waals surface area contributed by atoms with Crippen LogP contribution in [0.3, 0.4) is 0 Å². The Morgan fingerprint density at radius 1 is 1.00 bits per heavy atom. The molecule has 0 radical (unpaired) electrons. The van der Waals surface area contributed by atoms with E-state index in [0.717, 1.165) is 5.69 Å². The molecule has 3 heterocycles. The number of rotatable bonds is 2. The van der Waals surface area contributed by atoms with E-state index in [1.54, 1.807) is 6.20 Å². The Labute approximate surface area is 106 Å². The predicted molar refractivity (Wildman–Crippen MR) is 71.5 cm³/mol. The molecule has 0 fully saturated rings. The van der Waals surface area contributed by atoms with Crippen LogP contribution in [-0.2, 0) is 0 Å². The molecule has 0 N–H and O–H groups in total. The highest BCUT2D eigenvalue weighted by atomic mass is 15.0. The van der Waals surface area contributed by atoms with Crippen LogP contribution >= 0.6 is 0 Å². The van der Waals surface area contributed by atoms with E-state index in [9.17, 15) is 0 Å². The summed E-state index contributed by atoms with van der Waals surface area (Å²) < 4.78 is 2.06. The van der Waals surface area contributed by atoms with Crippen molar-refractivity contribution in [1.29, 1.82) is 0 Å². The molecule has 0 saturated carbocycles. The first-order valence-corrected chi connectivity index (χ1v) is 5.84. The van der Waals surface area contributed by atoms with Gasteiger partial charge in [0, 0.05) is 42.1 Å². The average molecular weight is 235 g/mol. The average Bonchev–Trinajstić information content (AvgIpc) is 2.90. The molecular formula is C15H13N3. The second-order valence-corrected chi connectivity index (χ2v) is 4.21. The molecule has 3 aromatic heterocycles. The summed E-state index contributed by atoms with van der Waals surface area (Å²) in [5.74, 6) is 0. The molecule has 3 heteroatoms. The van der Waals surface area contributed by atoms with Crippen molar-refractivity contribution in [1.82, 2.24) is 14.5 Å². The SMILES string of the molecule is Cc1ccncc1-c1ccn(-c2cccnc2)c1. The molecule has 0 atom stereocenters. The van der Waals surface area contributed by atoms with Crippen LogP contribution in [0.25, 0.3) is 16.8 Å². The maximum absolute atomic E-state index is 4.18. The van der Waals surface area contributed by atoms with E-state index >= 15 is 0 Å². The van der Waals surface area contributed by atoms with E-state index in [2.05, 4.69) is 33.7 Å². The third-order valence-electron chi connectivity index (χ3n) is 2.99. The van der Waals surface area contributed by atoms with Crippen LogP contribution < -0.4 is 0 Å². The summed E-state index contributed by atoms with van der Waals surface area (Å²) in [5, 5.41) is 0. The third kappa shape index (κ3) is 1.91. The van der Waals surface area contributed by atoms with Gasteiger partial charge in [-0.25, -0.2) is 0 Å². The van der Waals surface area contributed by atoms with E-state index in [1.807, 2.05) is 43.0 Å². The summed E-state index contributed by atoms with van der Waals surface area (Å²) in [7, 11) is 0. The quantitative estimate of drug-likeness (QED) is 0.682. The van der Waals surface area contributed by atoms with Crippen molar-refractivity contribution in [3.63, 3.8) is 0 Å². The van der Waals surface area contributed by atoms with Crippen LogP contribution in [0.2, 0.25) is 0 Å². The lowest BCUT2D eigenvalue weighted by Crippen LogP contribution is -1.89. The van der Waals surface area contributed by atoms with Crippen molar-refractivity contribution in [2.45, 2.75) is 6.92 Å². The second-order valence-electron chi connectivity index (χ2n) is 4.21. The largest absolute Gasteiger partial charge is 0.322 e. The van der Waals surface area contributed by atoms with Crippen LogP contribution in [0, 0.1) is 6.92 Å². The molecule has 3 aromatic rings. The molecule has 88 valence electrons. The molecule has 0 aliphatic carbocycles. The summed E-state index contributed by atoms with van der Waals surface area (Å²) in [6.07, 6.45) is 11.5. The monoisotopic (exact) mass is 235 g/mol. The van der Waals surface area contributed by atoms with Gasteiger partial charge in [-0.1, -0.05) is 0 Å². The number of pyridine rings is 2. The summed E-state index contributed by atoms with van der Waals surface area (Å²) in [4.78, 5) is 8.31. The van der Waals surface area contributed by atoms with Gasteiger partial charge >= 0.3 is 0 Å². The second kappa shape index (κ2) is 4.45. The molecule has 0 aliphatic rings. The normalized spacial score (nSPS) is 10.5. The van der Waals surface area contributed by atoms with Crippen molar-refractivity contribution >= 4 is 0 Å². The van der Waals surface area contributed by atoms with Crippen LogP contribution in [-0.4, -0.2) is 14.5 Å². The number of nitrogens with zero attached hydrogens (tertiary/aromatic N) is 3. The minimum Gasteiger partial charge on any atom is -0.322 e. The van der Waals surface area contributed by atoms with E-state index in [1.165, 1.54) is 16.7 Å². The zero-order valence-electron chi connectivity index (χ0n) is 10.1. The van der Waals surface area contributed by atoms with E-state index in [-0.39, 0.29) is 0 Å². The Balaban J connectivity index is 2.03. The molecule has 0 bridgehead atoms. The fourth-order valence-electron chi connectivity index (χ4n) is 1.99. The summed E-state index contributed by atoms with van der Waals surface area (Å²) in [5.41, 5.74) is 4.63. The van der Waals surface area contributed by atoms with E-state index < -0.39 is 0 Å². The van der Waals surface area contributed by atoms with Gasteiger partial charge in [0.1, 0.15) is 0 Å². The van der Waals surface area contributed by atoms with Crippen molar-refractivity contribution < 1.29 is 0 Å². The fraction of sp³-hybridized carbons (Fsp3) is 0.0667. The molecule has 0 unspecified atom stereocenters. The molecule has 0 saturated heterocycles. The molecular weight excluding hydrogens is 222 g/mol. The molecule has 0 amide bonds. The lowest BCUT2D eigenvalue weighted by molar-refractivity contribution is 1.06. The first kappa shape index (κ1) is 10.7. The standard InChI is InChI=1S/C15H13N3/c1-12-4-7-17-10-15(12)13-5-8-18(11-13)14-3-2-6-16-9-14/h2-11H,1H3. The van der Waals surface area contributed by atoms with Gasteiger partial charge in [-0.15, -0.1) is 0 Å². The Morgan fingerprint density at radius 3 is 2.67 bits per heavy atom. The first-order chi connectivity index (χ1) is 8.84. The predicted octanol–water partition coefficient (Wildman–Crippen LogP) is 3.24. The highest BCUT2D eigenvalue weighted by Gasteiger charge is 2.04. The molecule has 0 aliphatic heterocycles. The van der Waals surface area contributed by atoms with Crippen molar-refractivity contribution in [3.05, 3.63) is 67.0 Å². The van der Waals surface area contributed by atoms with Gasteiger partial charge in [0.05, 0.1) is 11.9 Å². The van der Waals surface area contributed by atoms with Crippen molar-refractivity contribution in [2.75, 3.05) is 0 Å². The lowest BCUT2D eigenvalue weighted by atomic mass is 10.1. The smallest absolute Gasteiger partial charge is 0.0633 e. The third-order valence-corrected chi connectivity index (χ3v) is 2.99. The molecule has 3 rings (SSSR count). The van der Waals surface area contributed by atoms with Gasteiger partial charge in [-0.3, -0.25) is 9.97 Å². The Kier molecular flexibility index (Phi) is 2.65. The van der Waals surface area contributed by atoms with Crippen LogP contribution in [0.4, 0.5) is 0 Å². The van der Waals surface area contributed by atoms with Gasteiger partial charge < -0.3 is 4.57 Å².